The molecule has 0 spiro atoms. The lowest BCUT2D eigenvalue weighted by atomic mass is 10.1. The molecule has 62 valence electrons. The Morgan fingerprint density at radius 3 is 2.82 bits per heavy atom. The molecule has 1 N–H and O–H groups in total. The maximum atomic E-state index is 7.81. The number of hydrogen-bond acceptors (Lipinski definition) is 2. The monoisotopic (exact) mass is 171 g/mol. The van der Waals surface area contributed by atoms with Gasteiger partial charge in [0.1, 0.15) is 0 Å². The molecule has 0 radical (unpaired) electrons. The minimum atomic E-state index is -1.42. The molecule has 0 fully saturated rings. The van der Waals surface area contributed by atoms with Gasteiger partial charge in [0, 0.05) is 19.7 Å². The SMILES string of the molecule is [2H]C([2H])(NC(C)(C)C)c1cccs1. The first-order valence-corrected chi connectivity index (χ1v) is 4.52. The van der Waals surface area contributed by atoms with Crippen LogP contribution < -0.4 is 5.32 Å². The quantitative estimate of drug-likeness (QED) is 0.721. The summed E-state index contributed by atoms with van der Waals surface area (Å²) in [6, 6.07) is 3.67. The van der Waals surface area contributed by atoms with Gasteiger partial charge in [0.2, 0.25) is 0 Å². The maximum absolute atomic E-state index is 7.81. The average Bonchev–Trinajstić information content (AvgIpc) is 2.29. The lowest BCUT2D eigenvalue weighted by molar-refractivity contribution is 0.426. The van der Waals surface area contributed by atoms with E-state index in [-0.39, 0.29) is 5.54 Å². The third kappa shape index (κ3) is 3.54. The Balaban J connectivity index is 2.78. The minimum Gasteiger partial charge on any atom is -0.307 e. The lowest BCUT2D eigenvalue weighted by Gasteiger charge is -2.19. The van der Waals surface area contributed by atoms with Gasteiger partial charge in [-0.3, -0.25) is 0 Å². The van der Waals surface area contributed by atoms with Crippen LogP contribution in [0.1, 0.15) is 28.4 Å². The molecule has 0 saturated heterocycles. The Bertz CT molecular complexity index is 262. The highest BCUT2D eigenvalue weighted by Gasteiger charge is 2.07. The summed E-state index contributed by atoms with van der Waals surface area (Å²) >= 11 is 1.43. The average molecular weight is 171 g/mol. The molecule has 1 heterocycles. The second kappa shape index (κ2) is 3.37. The van der Waals surface area contributed by atoms with E-state index in [9.17, 15) is 0 Å². The van der Waals surface area contributed by atoms with Gasteiger partial charge < -0.3 is 5.32 Å². The summed E-state index contributed by atoms with van der Waals surface area (Å²) in [5.41, 5.74) is -0.215. The largest absolute Gasteiger partial charge is 0.307 e. The number of nitrogens with one attached hydrogen (secondary N) is 1. The molecule has 1 aromatic heterocycles. The fourth-order valence-electron chi connectivity index (χ4n) is 0.599. The van der Waals surface area contributed by atoms with Crippen molar-refractivity contribution in [3.63, 3.8) is 0 Å². The molecule has 0 aromatic carbocycles. The molecule has 0 atom stereocenters. The molecule has 2 heteroatoms. The number of thiophene rings is 1. The van der Waals surface area contributed by atoms with Crippen LogP contribution in [0.2, 0.25) is 0 Å². The van der Waals surface area contributed by atoms with E-state index >= 15 is 0 Å². The molecule has 11 heavy (non-hydrogen) atoms. The zero-order valence-corrected chi connectivity index (χ0v) is 7.96. The highest BCUT2D eigenvalue weighted by Crippen LogP contribution is 2.09. The van der Waals surface area contributed by atoms with E-state index in [0.717, 1.165) is 4.88 Å². The molecule has 0 bridgehead atoms. The Morgan fingerprint density at radius 1 is 1.64 bits per heavy atom. The van der Waals surface area contributed by atoms with Crippen molar-refractivity contribution in [1.29, 1.82) is 0 Å². The number of rotatable bonds is 2. The van der Waals surface area contributed by atoms with Gasteiger partial charge in [-0.05, 0) is 32.2 Å². The second-order valence-electron chi connectivity index (χ2n) is 3.48. The predicted molar refractivity (Wildman–Crippen MR) is 50.9 cm³/mol. The molecular weight excluding hydrogens is 154 g/mol. The third-order valence-corrected chi connectivity index (χ3v) is 1.87. The van der Waals surface area contributed by atoms with Crippen LogP contribution in [0.15, 0.2) is 17.5 Å². The van der Waals surface area contributed by atoms with Crippen molar-refractivity contribution >= 4 is 11.3 Å². The Kier molecular flexibility index (Phi) is 1.90. The van der Waals surface area contributed by atoms with Crippen LogP contribution in [0.5, 0.6) is 0 Å². The Hall–Kier alpha value is -0.340. The van der Waals surface area contributed by atoms with E-state index in [0.29, 0.717) is 0 Å². The maximum Gasteiger partial charge on any atom is 0.0488 e. The molecule has 0 aliphatic heterocycles. The molecule has 0 saturated carbocycles. The molecule has 0 amide bonds. The second-order valence-corrected chi connectivity index (χ2v) is 4.42. The Morgan fingerprint density at radius 2 is 2.36 bits per heavy atom. The van der Waals surface area contributed by atoms with Gasteiger partial charge in [-0.2, -0.15) is 0 Å². The highest BCUT2D eigenvalue weighted by molar-refractivity contribution is 7.09. The van der Waals surface area contributed by atoms with E-state index in [1.54, 1.807) is 0 Å². The molecular formula is C9H15NS. The summed E-state index contributed by atoms with van der Waals surface area (Å²) in [6.45, 7) is 4.45. The fraction of sp³-hybridized carbons (Fsp3) is 0.556. The van der Waals surface area contributed by atoms with Crippen molar-refractivity contribution in [2.75, 3.05) is 0 Å². The smallest absolute Gasteiger partial charge is 0.0488 e. The van der Waals surface area contributed by atoms with E-state index in [4.69, 9.17) is 2.74 Å². The van der Waals surface area contributed by atoms with Crippen LogP contribution in [-0.4, -0.2) is 5.54 Å². The third-order valence-electron chi connectivity index (χ3n) is 1.08. The standard InChI is InChI=1S/C9H15NS/c1-9(2,3)10-7-8-5-4-6-11-8/h4-6,10H,7H2,1-3H3/i7D2. The molecule has 0 aliphatic rings. The summed E-state index contributed by atoms with van der Waals surface area (Å²) in [5, 5.41) is 4.83. The van der Waals surface area contributed by atoms with Gasteiger partial charge in [0.15, 0.2) is 0 Å². The van der Waals surface area contributed by atoms with Gasteiger partial charge >= 0.3 is 0 Å². The normalized spacial score (nSPS) is 15.9. The molecule has 1 rings (SSSR count). The van der Waals surface area contributed by atoms with Crippen molar-refractivity contribution < 1.29 is 2.74 Å². The number of hydrogen-bond donors (Lipinski definition) is 1. The summed E-state index contributed by atoms with van der Waals surface area (Å²) in [5.74, 6) is 0. The van der Waals surface area contributed by atoms with Crippen LogP contribution in [0, 0.1) is 0 Å². The zero-order valence-electron chi connectivity index (χ0n) is 9.14. The molecule has 1 nitrogen and oxygen atoms in total. The molecule has 0 unspecified atom stereocenters. The topological polar surface area (TPSA) is 12.0 Å². The minimum absolute atomic E-state index is 0.215. The van der Waals surface area contributed by atoms with Crippen molar-refractivity contribution in [3.8, 4) is 0 Å². The van der Waals surface area contributed by atoms with Gasteiger partial charge in [0.25, 0.3) is 0 Å². The van der Waals surface area contributed by atoms with Crippen molar-refractivity contribution in [2.24, 2.45) is 0 Å². The molecule has 1 aromatic rings. The fourth-order valence-corrected chi connectivity index (χ4v) is 1.17. The zero-order chi connectivity index (χ0) is 10.1. The van der Waals surface area contributed by atoms with Gasteiger partial charge in [-0.1, -0.05) is 6.07 Å². The lowest BCUT2D eigenvalue weighted by Crippen LogP contribution is -2.34. The van der Waals surface area contributed by atoms with E-state index in [1.165, 1.54) is 11.3 Å². The summed E-state index contributed by atoms with van der Waals surface area (Å²) < 4.78 is 15.6. The first kappa shape index (κ1) is 6.21. The Labute approximate surface area is 75.3 Å². The summed E-state index contributed by atoms with van der Waals surface area (Å²) in [6.07, 6.45) is 0. The van der Waals surface area contributed by atoms with Gasteiger partial charge in [-0.25, -0.2) is 0 Å². The van der Waals surface area contributed by atoms with Crippen LogP contribution in [0.3, 0.4) is 0 Å². The summed E-state index contributed by atoms with van der Waals surface area (Å²) in [4.78, 5) is 0.724. The van der Waals surface area contributed by atoms with Gasteiger partial charge in [-0.15, -0.1) is 11.3 Å². The first-order chi connectivity index (χ1) is 5.81. The highest BCUT2D eigenvalue weighted by atomic mass is 32.1. The van der Waals surface area contributed by atoms with Crippen LogP contribution in [0.25, 0.3) is 0 Å². The van der Waals surface area contributed by atoms with Gasteiger partial charge in [0.05, 0.1) is 0 Å². The van der Waals surface area contributed by atoms with Crippen LogP contribution >= 0.6 is 11.3 Å². The summed E-state index contributed by atoms with van der Waals surface area (Å²) in [7, 11) is 0. The van der Waals surface area contributed by atoms with Crippen LogP contribution in [0.4, 0.5) is 0 Å². The van der Waals surface area contributed by atoms with E-state index in [2.05, 4.69) is 5.32 Å². The van der Waals surface area contributed by atoms with Crippen molar-refractivity contribution in [1.82, 2.24) is 5.32 Å². The van der Waals surface area contributed by atoms with E-state index in [1.807, 2.05) is 38.3 Å². The predicted octanol–water partition coefficient (Wildman–Crippen LogP) is 2.64. The van der Waals surface area contributed by atoms with E-state index < -0.39 is 6.50 Å². The van der Waals surface area contributed by atoms with Crippen LogP contribution in [-0.2, 0) is 6.50 Å². The van der Waals surface area contributed by atoms with Crippen molar-refractivity contribution in [2.45, 2.75) is 32.8 Å². The first-order valence-electron chi connectivity index (χ1n) is 4.65. The molecule has 0 aliphatic carbocycles. The van der Waals surface area contributed by atoms with Crippen molar-refractivity contribution in [3.05, 3.63) is 22.4 Å².